The van der Waals surface area contributed by atoms with Gasteiger partial charge in [0.1, 0.15) is 11.1 Å². The summed E-state index contributed by atoms with van der Waals surface area (Å²) in [4.78, 5) is 4.87. The van der Waals surface area contributed by atoms with E-state index in [0.717, 1.165) is 22.4 Å². The maximum Gasteiger partial charge on any atom is 0.296 e. The standard InChI is InChI=1S/C23H25N6OP/c1-16-10-8-13-20(17(16)2)27-31(30)21-18(3)26-29(15-9-14-24)23(21)25-22(28(31)4)19-11-6-5-7-12-19/h5-8,10-13H,9,15H2,1-4H3,(H,27,30)/t31-/m0/s1. The molecule has 1 aromatic heterocycles. The van der Waals surface area contributed by atoms with Crippen molar-refractivity contribution in [3.05, 3.63) is 70.9 Å². The molecule has 8 heteroatoms. The van der Waals surface area contributed by atoms with Gasteiger partial charge in [-0.1, -0.05) is 42.5 Å². The molecule has 1 aliphatic rings. The van der Waals surface area contributed by atoms with Crippen molar-refractivity contribution in [3.63, 3.8) is 0 Å². The number of nitrogens with zero attached hydrogens (tertiary/aromatic N) is 5. The first kappa shape index (κ1) is 20.9. The van der Waals surface area contributed by atoms with Crippen molar-refractivity contribution in [2.24, 2.45) is 4.99 Å². The van der Waals surface area contributed by atoms with E-state index in [-0.39, 0.29) is 0 Å². The highest BCUT2D eigenvalue weighted by Gasteiger charge is 2.43. The zero-order valence-electron chi connectivity index (χ0n) is 18.1. The highest BCUT2D eigenvalue weighted by molar-refractivity contribution is 7.72. The summed E-state index contributed by atoms with van der Waals surface area (Å²) in [6.45, 7) is 6.29. The molecule has 1 aliphatic heterocycles. The van der Waals surface area contributed by atoms with Gasteiger partial charge in [-0.05, 0) is 38.0 Å². The number of aliphatic imine (C=N–C) groups is 1. The van der Waals surface area contributed by atoms with Crippen LogP contribution < -0.4 is 10.4 Å². The fraction of sp³-hybridized carbons (Fsp3) is 0.261. The van der Waals surface area contributed by atoms with Gasteiger partial charge in [-0.15, -0.1) is 0 Å². The van der Waals surface area contributed by atoms with E-state index >= 15 is 0 Å². The molecule has 3 aromatic rings. The highest BCUT2D eigenvalue weighted by atomic mass is 31.2. The molecule has 0 unspecified atom stereocenters. The Morgan fingerprint density at radius 2 is 1.84 bits per heavy atom. The van der Waals surface area contributed by atoms with Gasteiger partial charge >= 0.3 is 0 Å². The molecule has 2 aromatic carbocycles. The number of nitrogens with one attached hydrogen (secondary N) is 1. The lowest BCUT2D eigenvalue weighted by molar-refractivity contribution is 0.553. The summed E-state index contributed by atoms with van der Waals surface area (Å²) in [5.74, 6) is 1.15. The van der Waals surface area contributed by atoms with Gasteiger partial charge in [-0.2, -0.15) is 10.4 Å². The third-order valence-corrected chi connectivity index (χ3v) is 8.37. The topological polar surface area (TPSA) is 86.3 Å². The van der Waals surface area contributed by atoms with E-state index in [1.807, 2.05) is 69.3 Å². The van der Waals surface area contributed by atoms with E-state index in [2.05, 4.69) is 16.3 Å². The van der Waals surface area contributed by atoms with Gasteiger partial charge < -0.3 is 5.09 Å². The molecular weight excluding hydrogens is 407 g/mol. The Morgan fingerprint density at radius 1 is 1.10 bits per heavy atom. The van der Waals surface area contributed by atoms with Crippen molar-refractivity contribution in [2.75, 3.05) is 12.1 Å². The number of anilines is 1. The van der Waals surface area contributed by atoms with Crippen LogP contribution in [0.1, 0.15) is 28.8 Å². The monoisotopic (exact) mass is 432 g/mol. The Bertz CT molecular complexity index is 1260. The molecule has 1 atom stereocenters. The fourth-order valence-corrected chi connectivity index (χ4v) is 6.28. The minimum atomic E-state index is -3.35. The van der Waals surface area contributed by atoms with Gasteiger partial charge in [-0.3, -0.25) is 9.24 Å². The molecule has 0 saturated heterocycles. The second-order valence-corrected chi connectivity index (χ2v) is 10.1. The number of hydrogen-bond donors (Lipinski definition) is 1. The number of hydrogen-bond acceptors (Lipinski definition) is 4. The lowest BCUT2D eigenvalue weighted by Gasteiger charge is -2.35. The summed E-state index contributed by atoms with van der Waals surface area (Å²) in [7, 11) is -1.54. The Balaban J connectivity index is 1.93. The fourth-order valence-electron chi connectivity index (χ4n) is 3.80. The lowest BCUT2D eigenvalue weighted by Crippen LogP contribution is -2.36. The summed E-state index contributed by atoms with van der Waals surface area (Å²) < 4.78 is 18.2. The van der Waals surface area contributed by atoms with Crippen LogP contribution in [0.4, 0.5) is 11.5 Å². The first-order valence-corrected chi connectivity index (χ1v) is 11.8. The summed E-state index contributed by atoms with van der Waals surface area (Å²) in [5, 5.41) is 17.6. The molecule has 4 rings (SSSR count). The number of aryl methyl sites for hydroxylation is 3. The van der Waals surface area contributed by atoms with E-state index in [0.29, 0.717) is 35.6 Å². The molecule has 0 saturated carbocycles. The quantitative estimate of drug-likeness (QED) is 0.592. The Hall–Kier alpha value is -3.36. The number of amidine groups is 1. The molecule has 0 amide bonds. The van der Waals surface area contributed by atoms with Gasteiger partial charge in [0.25, 0.3) is 7.44 Å². The molecule has 0 radical (unpaired) electrons. The normalized spacial score (nSPS) is 17.6. The first-order chi connectivity index (χ1) is 14.9. The van der Waals surface area contributed by atoms with Crippen LogP contribution in [0.15, 0.2) is 53.5 Å². The Labute approximate surface area is 182 Å². The molecule has 2 heterocycles. The molecule has 0 fully saturated rings. The Morgan fingerprint density at radius 3 is 2.55 bits per heavy atom. The summed E-state index contributed by atoms with van der Waals surface area (Å²) >= 11 is 0. The smallest absolute Gasteiger partial charge is 0.296 e. The third-order valence-electron chi connectivity index (χ3n) is 5.66. The van der Waals surface area contributed by atoms with Gasteiger partial charge in [0.2, 0.25) is 0 Å². The van der Waals surface area contributed by atoms with Crippen LogP contribution in [-0.2, 0) is 11.1 Å². The van der Waals surface area contributed by atoms with Crippen molar-refractivity contribution in [1.82, 2.24) is 14.5 Å². The van der Waals surface area contributed by atoms with E-state index in [9.17, 15) is 4.57 Å². The van der Waals surface area contributed by atoms with Crippen LogP contribution in [0.25, 0.3) is 0 Å². The predicted molar refractivity (Wildman–Crippen MR) is 124 cm³/mol. The zero-order chi connectivity index (χ0) is 22.2. The third kappa shape index (κ3) is 3.54. The van der Waals surface area contributed by atoms with Crippen LogP contribution in [-0.4, -0.2) is 27.3 Å². The first-order valence-electron chi connectivity index (χ1n) is 10.1. The van der Waals surface area contributed by atoms with Crippen LogP contribution in [0.2, 0.25) is 0 Å². The molecule has 7 nitrogen and oxygen atoms in total. The summed E-state index contributed by atoms with van der Waals surface area (Å²) in [6.07, 6.45) is 0.300. The number of fused-ring (bicyclic) bond motifs is 1. The maximum absolute atomic E-state index is 14.7. The number of benzene rings is 2. The summed E-state index contributed by atoms with van der Waals surface area (Å²) in [5.41, 5.74) is 4.50. The van der Waals surface area contributed by atoms with Crippen LogP contribution in [0.3, 0.4) is 0 Å². The molecule has 1 N–H and O–H groups in total. The number of nitriles is 1. The van der Waals surface area contributed by atoms with E-state index in [1.54, 1.807) is 16.4 Å². The average Bonchev–Trinajstić information content (AvgIpc) is 3.09. The number of aromatic nitrogens is 2. The SMILES string of the molecule is Cc1cccc(N[P@@]2(=O)c3c(C)nn(CCC#N)c3N=C(c3ccccc3)N2C)c1C. The molecule has 158 valence electrons. The molecule has 0 spiro atoms. The number of rotatable bonds is 5. The van der Waals surface area contributed by atoms with E-state index < -0.39 is 7.44 Å². The van der Waals surface area contributed by atoms with Gasteiger partial charge in [-0.25, -0.2) is 9.67 Å². The largest absolute Gasteiger partial charge is 0.316 e. The van der Waals surface area contributed by atoms with Crippen molar-refractivity contribution in [3.8, 4) is 6.07 Å². The molecular formula is C23H25N6OP. The van der Waals surface area contributed by atoms with Crippen LogP contribution in [0, 0.1) is 32.1 Å². The second-order valence-electron chi connectivity index (χ2n) is 7.65. The predicted octanol–water partition coefficient (Wildman–Crippen LogP) is 4.68. The second kappa shape index (κ2) is 8.05. The molecule has 0 aliphatic carbocycles. The van der Waals surface area contributed by atoms with Crippen molar-refractivity contribution >= 4 is 30.1 Å². The van der Waals surface area contributed by atoms with Crippen LogP contribution in [0.5, 0.6) is 0 Å². The van der Waals surface area contributed by atoms with Crippen LogP contribution >= 0.6 is 7.44 Å². The summed E-state index contributed by atoms with van der Waals surface area (Å²) in [6, 6.07) is 17.8. The van der Waals surface area contributed by atoms with Gasteiger partial charge in [0, 0.05) is 18.3 Å². The minimum Gasteiger partial charge on any atom is -0.316 e. The van der Waals surface area contributed by atoms with E-state index in [4.69, 9.17) is 10.3 Å². The van der Waals surface area contributed by atoms with Gasteiger partial charge in [0.15, 0.2) is 5.82 Å². The molecule has 31 heavy (non-hydrogen) atoms. The minimum absolute atomic E-state index is 0.300. The highest BCUT2D eigenvalue weighted by Crippen LogP contribution is 2.54. The van der Waals surface area contributed by atoms with Gasteiger partial charge in [0.05, 0.1) is 24.7 Å². The van der Waals surface area contributed by atoms with E-state index in [1.165, 1.54) is 0 Å². The molecule has 0 bridgehead atoms. The lowest BCUT2D eigenvalue weighted by atomic mass is 10.1. The van der Waals surface area contributed by atoms with Crippen molar-refractivity contribution < 1.29 is 4.57 Å². The van der Waals surface area contributed by atoms with Crippen molar-refractivity contribution in [2.45, 2.75) is 33.7 Å². The Kier molecular flexibility index (Phi) is 5.43. The maximum atomic E-state index is 14.7. The van der Waals surface area contributed by atoms with Crippen molar-refractivity contribution in [1.29, 1.82) is 5.26 Å². The average molecular weight is 432 g/mol. The zero-order valence-corrected chi connectivity index (χ0v) is 19.0.